The van der Waals surface area contributed by atoms with Crippen LogP contribution in [-0.4, -0.2) is 30.5 Å². The number of aromatic nitrogens is 1. The highest BCUT2D eigenvalue weighted by Gasteiger charge is 2.28. The third kappa shape index (κ3) is 2.91. The van der Waals surface area contributed by atoms with Gasteiger partial charge < -0.3 is 15.0 Å². The number of benzene rings is 1. The van der Waals surface area contributed by atoms with Gasteiger partial charge in [0, 0.05) is 24.0 Å². The Hall–Kier alpha value is -2.27. The smallest absolute Gasteiger partial charge is 0.138 e. The van der Waals surface area contributed by atoms with Gasteiger partial charge in [0.25, 0.3) is 0 Å². The maximum atomic E-state index is 6.19. The molecule has 1 N–H and O–H groups in total. The van der Waals surface area contributed by atoms with Crippen LogP contribution in [0.2, 0.25) is 5.02 Å². The average Bonchev–Trinajstić information content (AvgIpc) is 3.09. The molecule has 1 saturated heterocycles. The number of fused-ring (bicyclic) bond motifs is 1. The second-order valence-corrected chi connectivity index (χ2v) is 6.41. The third-order valence-electron chi connectivity index (χ3n) is 4.53. The highest BCUT2D eigenvalue weighted by atomic mass is 35.5. The van der Waals surface area contributed by atoms with E-state index in [9.17, 15) is 0 Å². The van der Waals surface area contributed by atoms with E-state index >= 15 is 0 Å². The molecule has 4 rings (SSSR count). The number of anilines is 2. The topological polar surface area (TPSA) is 49.8 Å². The van der Waals surface area contributed by atoms with E-state index in [-0.39, 0.29) is 0 Å². The Labute approximate surface area is 146 Å². The molecule has 2 aliphatic heterocycles. The Morgan fingerprint density at radius 1 is 1.29 bits per heavy atom. The van der Waals surface area contributed by atoms with Crippen molar-refractivity contribution in [2.24, 2.45) is 4.99 Å². The fourth-order valence-corrected chi connectivity index (χ4v) is 3.54. The van der Waals surface area contributed by atoms with Crippen LogP contribution in [0.3, 0.4) is 0 Å². The zero-order chi connectivity index (χ0) is 16.4. The number of nitrogens with one attached hydrogen (secondary N) is 1. The molecule has 0 spiro atoms. The molecule has 0 bridgehead atoms. The molecular formula is C18H19ClN4O. The molecule has 1 aromatic carbocycles. The van der Waals surface area contributed by atoms with Crippen molar-refractivity contribution in [3.63, 3.8) is 0 Å². The normalized spacial score (nSPS) is 19.0. The number of nitrogens with zero attached hydrogens (tertiary/aromatic N) is 3. The summed E-state index contributed by atoms with van der Waals surface area (Å²) in [6.07, 6.45) is 5.83. The van der Waals surface area contributed by atoms with Gasteiger partial charge >= 0.3 is 0 Å². The number of ether oxygens (including phenoxy) is 1. The van der Waals surface area contributed by atoms with Crippen LogP contribution in [-0.2, 0) is 6.54 Å². The van der Waals surface area contributed by atoms with Gasteiger partial charge in [0.15, 0.2) is 0 Å². The van der Waals surface area contributed by atoms with Crippen molar-refractivity contribution < 1.29 is 4.74 Å². The Bertz CT molecular complexity index is 764. The Balaban J connectivity index is 1.53. The fraction of sp³-hybridized carbons (Fsp3) is 0.333. The van der Waals surface area contributed by atoms with Crippen molar-refractivity contribution in [2.75, 3.05) is 23.4 Å². The van der Waals surface area contributed by atoms with Gasteiger partial charge in [-0.15, -0.1) is 0 Å². The van der Waals surface area contributed by atoms with Gasteiger partial charge in [0.05, 0.1) is 23.9 Å². The summed E-state index contributed by atoms with van der Waals surface area (Å²) >= 11 is 6.19. The molecule has 0 amide bonds. The quantitative estimate of drug-likeness (QED) is 0.919. The summed E-state index contributed by atoms with van der Waals surface area (Å²) in [4.78, 5) is 11.1. The number of para-hydroxylation sites is 1. The van der Waals surface area contributed by atoms with E-state index in [1.54, 1.807) is 6.34 Å². The van der Waals surface area contributed by atoms with Crippen LogP contribution in [0.15, 0.2) is 41.5 Å². The van der Waals surface area contributed by atoms with Crippen molar-refractivity contribution in [1.82, 2.24) is 4.98 Å². The second-order valence-electron chi connectivity index (χ2n) is 6.00. The van der Waals surface area contributed by atoms with Gasteiger partial charge in [-0.3, -0.25) is 4.99 Å². The van der Waals surface area contributed by atoms with Crippen molar-refractivity contribution in [3.05, 3.63) is 47.1 Å². The highest BCUT2D eigenvalue weighted by Crippen LogP contribution is 2.33. The molecule has 0 saturated carbocycles. The summed E-state index contributed by atoms with van der Waals surface area (Å²) in [7, 11) is 0. The summed E-state index contributed by atoms with van der Waals surface area (Å²) in [5.74, 6) is 1.65. The maximum absolute atomic E-state index is 6.19. The van der Waals surface area contributed by atoms with E-state index in [1.165, 1.54) is 5.69 Å². The molecule has 3 heterocycles. The second kappa shape index (κ2) is 6.69. The van der Waals surface area contributed by atoms with Gasteiger partial charge in [-0.1, -0.05) is 23.7 Å². The first kappa shape index (κ1) is 15.3. The fourth-order valence-electron chi connectivity index (χ4n) is 3.35. The summed E-state index contributed by atoms with van der Waals surface area (Å²) in [6.45, 7) is 2.31. The Morgan fingerprint density at radius 3 is 3.12 bits per heavy atom. The molecule has 1 aromatic heterocycles. The van der Waals surface area contributed by atoms with E-state index in [2.05, 4.69) is 26.3 Å². The monoisotopic (exact) mass is 342 g/mol. The van der Waals surface area contributed by atoms with E-state index in [0.717, 1.165) is 36.5 Å². The van der Waals surface area contributed by atoms with Crippen LogP contribution in [0, 0.1) is 0 Å². The summed E-state index contributed by atoms with van der Waals surface area (Å²) in [6, 6.07) is 10.0. The lowest BCUT2D eigenvalue weighted by Gasteiger charge is -2.29. The zero-order valence-electron chi connectivity index (χ0n) is 13.3. The van der Waals surface area contributed by atoms with Crippen molar-refractivity contribution in [1.29, 1.82) is 0 Å². The largest absolute Gasteiger partial charge is 0.490 e. The SMILES string of the molecule is Clc1ccccc1OC[C@H]1CCCN1c1ccnc2c1CN=CN2. The van der Waals surface area contributed by atoms with Gasteiger partial charge in [0.1, 0.15) is 18.2 Å². The standard InChI is InChI=1S/C18H19ClN4O/c19-15-5-1-2-6-17(15)24-11-13-4-3-9-23(13)16-7-8-21-18-14(16)10-20-12-22-18/h1-2,5-8,12-13H,3-4,9-11H2,(H,20,21,22)/t13-/m1/s1. The lowest BCUT2D eigenvalue weighted by atomic mass is 10.1. The van der Waals surface area contributed by atoms with E-state index < -0.39 is 0 Å². The zero-order valence-corrected chi connectivity index (χ0v) is 14.0. The van der Waals surface area contributed by atoms with E-state index in [0.29, 0.717) is 24.2 Å². The molecule has 1 fully saturated rings. The number of rotatable bonds is 4. The maximum Gasteiger partial charge on any atom is 0.138 e. The first-order valence-corrected chi connectivity index (χ1v) is 8.57. The lowest BCUT2D eigenvalue weighted by molar-refractivity contribution is 0.288. The molecule has 1 atom stereocenters. The molecule has 0 unspecified atom stereocenters. The summed E-state index contributed by atoms with van der Waals surface area (Å²) in [5.41, 5.74) is 2.36. The van der Waals surface area contributed by atoms with Crippen molar-refractivity contribution >= 4 is 29.4 Å². The lowest BCUT2D eigenvalue weighted by Crippen LogP contribution is -2.35. The Kier molecular flexibility index (Phi) is 4.26. The molecule has 2 aromatic rings. The molecule has 0 radical (unpaired) electrons. The van der Waals surface area contributed by atoms with Gasteiger partial charge in [-0.05, 0) is 31.0 Å². The highest BCUT2D eigenvalue weighted by molar-refractivity contribution is 6.32. The molecule has 24 heavy (non-hydrogen) atoms. The minimum Gasteiger partial charge on any atom is -0.490 e. The minimum atomic E-state index is 0.332. The molecule has 124 valence electrons. The third-order valence-corrected chi connectivity index (χ3v) is 4.84. The van der Waals surface area contributed by atoms with Crippen LogP contribution in [0.4, 0.5) is 11.5 Å². The minimum absolute atomic E-state index is 0.332. The number of halogens is 1. The van der Waals surface area contributed by atoms with E-state index in [4.69, 9.17) is 16.3 Å². The van der Waals surface area contributed by atoms with Gasteiger partial charge in [-0.25, -0.2) is 4.98 Å². The number of pyridine rings is 1. The summed E-state index contributed by atoms with van der Waals surface area (Å²) < 4.78 is 5.98. The number of hydrogen-bond donors (Lipinski definition) is 1. The van der Waals surface area contributed by atoms with Crippen LogP contribution in [0.1, 0.15) is 18.4 Å². The molecule has 5 nitrogen and oxygen atoms in total. The molecule has 6 heteroatoms. The average molecular weight is 343 g/mol. The van der Waals surface area contributed by atoms with Crippen molar-refractivity contribution in [3.8, 4) is 5.75 Å². The first-order valence-electron chi connectivity index (χ1n) is 8.19. The number of hydrogen-bond acceptors (Lipinski definition) is 5. The first-order chi connectivity index (χ1) is 11.8. The molecule has 0 aliphatic carbocycles. The van der Waals surface area contributed by atoms with Crippen molar-refractivity contribution in [2.45, 2.75) is 25.4 Å². The van der Waals surface area contributed by atoms with E-state index in [1.807, 2.05) is 30.5 Å². The van der Waals surface area contributed by atoms with Crippen LogP contribution in [0.5, 0.6) is 5.75 Å². The van der Waals surface area contributed by atoms with Gasteiger partial charge in [0.2, 0.25) is 0 Å². The predicted molar refractivity (Wildman–Crippen MR) is 97.4 cm³/mol. The predicted octanol–water partition coefficient (Wildman–Crippen LogP) is 3.74. The number of aliphatic imine (C=N–C) groups is 1. The van der Waals surface area contributed by atoms with Crippen LogP contribution >= 0.6 is 11.6 Å². The van der Waals surface area contributed by atoms with Gasteiger partial charge in [-0.2, -0.15) is 0 Å². The summed E-state index contributed by atoms with van der Waals surface area (Å²) in [5, 5.41) is 3.78. The Morgan fingerprint density at radius 2 is 2.21 bits per heavy atom. The molecule has 2 aliphatic rings. The van der Waals surface area contributed by atoms with Crippen LogP contribution in [0.25, 0.3) is 0 Å². The molecular weight excluding hydrogens is 324 g/mol. The van der Waals surface area contributed by atoms with Crippen LogP contribution < -0.4 is 15.0 Å².